The van der Waals surface area contributed by atoms with Gasteiger partial charge in [0.1, 0.15) is 17.3 Å². The van der Waals surface area contributed by atoms with Gasteiger partial charge in [-0.05, 0) is 73.2 Å². The highest BCUT2D eigenvalue weighted by Crippen LogP contribution is 2.30. The van der Waals surface area contributed by atoms with Gasteiger partial charge in [-0.2, -0.15) is 0 Å². The van der Waals surface area contributed by atoms with Crippen LogP contribution in [0.1, 0.15) is 28.7 Å². The zero-order valence-electron chi connectivity index (χ0n) is 17.7. The highest BCUT2D eigenvalue weighted by atomic mass is 35.5. The maximum Gasteiger partial charge on any atom is 0.335 e. The molecule has 1 heterocycles. The Morgan fingerprint density at radius 2 is 1.67 bits per heavy atom. The molecule has 0 saturated carbocycles. The van der Waals surface area contributed by atoms with Crippen LogP contribution in [0.25, 0.3) is 23.4 Å². The third kappa shape index (κ3) is 5.45. The van der Waals surface area contributed by atoms with Gasteiger partial charge in [-0.15, -0.1) is 0 Å². The van der Waals surface area contributed by atoms with Gasteiger partial charge in [-0.3, -0.25) is 0 Å². The van der Waals surface area contributed by atoms with E-state index in [9.17, 15) is 4.79 Å². The van der Waals surface area contributed by atoms with Crippen molar-refractivity contribution in [1.29, 1.82) is 0 Å². The Morgan fingerprint density at radius 3 is 2.27 bits per heavy atom. The number of benzene rings is 3. The molecule has 0 saturated heterocycles. The van der Waals surface area contributed by atoms with Crippen LogP contribution in [-0.4, -0.2) is 20.6 Å². The number of aromatic nitrogens is 2. The van der Waals surface area contributed by atoms with E-state index in [0.717, 1.165) is 29.2 Å². The molecular weight excluding hydrogens is 459 g/mol. The third-order valence-electron chi connectivity index (χ3n) is 5.00. The van der Waals surface area contributed by atoms with Crippen molar-refractivity contribution in [1.82, 2.24) is 9.55 Å². The van der Waals surface area contributed by atoms with Crippen LogP contribution in [0.2, 0.25) is 10.0 Å². The molecule has 1 N–H and O–H groups in total. The highest BCUT2D eigenvalue weighted by molar-refractivity contribution is 6.36. The normalized spacial score (nSPS) is 11.1. The molecule has 0 aliphatic rings. The summed E-state index contributed by atoms with van der Waals surface area (Å²) >= 11 is 12.4. The monoisotopic (exact) mass is 478 g/mol. The van der Waals surface area contributed by atoms with Gasteiger partial charge in [0.25, 0.3) is 0 Å². The van der Waals surface area contributed by atoms with E-state index in [4.69, 9.17) is 38.0 Å². The minimum absolute atomic E-state index is 0.217. The Bertz CT molecular complexity index is 1310. The second-order valence-electron chi connectivity index (χ2n) is 7.23. The van der Waals surface area contributed by atoms with Gasteiger partial charge in [0, 0.05) is 23.3 Å². The molecule has 33 heavy (non-hydrogen) atoms. The SMILES string of the molecule is CCn1cc(-c2ccc(Cl)cc2Cl)nc1C=Cc1ccc(Oc2ccc(C(=O)O)cc2)cc1. The molecule has 0 bridgehead atoms. The number of ether oxygens (including phenoxy) is 1. The number of aryl methyl sites for hydroxylation is 1. The maximum atomic E-state index is 10.9. The number of carboxylic acid groups (broad SMARTS) is 1. The predicted molar refractivity (Wildman–Crippen MR) is 132 cm³/mol. The summed E-state index contributed by atoms with van der Waals surface area (Å²) in [5, 5.41) is 10.1. The number of hydrogen-bond donors (Lipinski definition) is 1. The number of imidazole rings is 1. The van der Waals surface area contributed by atoms with Gasteiger partial charge in [0.2, 0.25) is 0 Å². The summed E-state index contributed by atoms with van der Waals surface area (Å²) in [4.78, 5) is 15.7. The summed E-state index contributed by atoms with van der Waals surface area (Å²) in [6.07, 6.45) is 5.91. The molecule has 0 aliphatic heterocycles. The first-order valence-electron chi connectivity index (χ1n) is 10.2. The fourth-order valence-electron chi connectivity index (χ4n) is 3.26. The number of hydrogen-bond acceptors (Lipinski definition) is 3. The van der Waals surface area contributed by atoms with Crippen LogP contribution in [0, 0.1) is 0 Å². The highest BCUT2D eigenvalue weighted by Gasteiger charge is 2.10. The fraction of sp³-hybridized carbons (Fsp3) is 0.0769. The van der Waals surface area contributed by atoms with E-state index in [0.29, 0.717) is 21.5 Å². The lowest BCUT2D eigenvalue weighted by Crippen LogP contribution is -1.95. The minimum atomic E-state index is -0.968. The zero-order chi connectivity index (χ0) is 23.4. The van der Waals surface area contributed by atoms with Crippen molar-refractivity contribution >= 4 is 41.3 Å². The van der Waals surface area contributed by atoms with Crippen LogP contribution in [-0.2, 0) is 6.54 Å². The molecule has 0 radical (unpaired) electrons. The standard InChI is InChI=1S/C26H20Cl2N2O3/c1-2-30-16-24(22-13-8-19(27)15-23(22)28)29-25(30)14-5-17-3-9-20(10-4-17)33-21-11-6-18(7-12-21)26(31)32/h3-16H,2H2,1H3,(H,31,32). The lowest BCUT2D eigenvalue weighted by molar-refractivity contribution is 0.0697. The summed E-state index contributed by atoms with van der Waals surface area (Å²) in [7, 11) is 0. The Hall–Kier alpha value is -3.54. The second-order valence-corrected chi connectivity index (χ2v) is 8.07. The predicted octanol–water partition coefficient (Wildman–Crippen LogP) is 7.54. The summed E-state index contributed by atoms with van der Waals surface area (Å²) in [6.45, 7) is 2.83. The summed E-state index contributed by atoms with van der Waals surface area (Å²) in [5.41, 5.74) is 2.83. The molecule has 166 valence electrons. The summed E-state index contributed by atoms with van der Waals surface area (Å²) < 4.78 is 7.83. The molecule has 1 aromatic heterocycles. The number of nitrogens with zero attached hydrogens (tertiary/aromatic N) is 2. The first kappa shape index (κ1) is 22.6. The third-order valence-corrected chi connectivity index (χ3v) is 5.54. The number of carbonyl (C=O) groups is 1. The van der Waals surface area contributed by atoms with Crippen molar-refractivity contribution < 1.29 is 14.6 Å². The van der Waals surface area contributed by atoms with Gasteiger partial charge < -0.3 is 14.4 Å². The van der Waals surface area contributed by atoms with E-state index in [1.54, 1.807) is 24.3 Å². The van der Waals surface area contributed by atoms with E-state index < -0.39 is 5.97 Å². The number of rotatable bonds is 7. The van der Waals surface area contributed by atoms with Crippen LogP contribution in [0.5, 0.6) is 11.5 Å². The first-order chi connectivity index (χ1) is 15.9. The van der Waals surface area contributed by atoms with Crippen molar-refractivity contribution in [2.24, 2.45) is 0 Å². The summed E-state index contributed by atoms with van der Waals surface area (Å²) in [6, 6.07) is 19.3. The molecule has 4 rings (SSSR count). The van der Waals surface area contributed by atoms with E-state index >= 15 is 0 Å². The van der Waals surface area contributed by atoms with Gasteiger partial charge in [0.05, 0.1) is 16.3 Å². The van der Waals surface area contributed by atoms with Crippen molar-refractivity contribution in [2.45, 2.75) is 13.5 Å². The van der Waals surface area contributed by atoms with Gasteiger partial charge >= 0.3 is 5.97 Å². The first-order valence-corrected chi connectivity index (χ1v) is 11.0. The second kappa shape index (κ2) is 9.94. The Labute approximate surface area is 201 Å². The van der Waals surface area contributed by atoms with E-state index in [-0.39, 0.29) is 5.56 Å². The minimum Gasteiger partial charge on any atom is -0.478 e. The Morgan fingerprint density at radius 1 is 1.00 bits per heavy atom. The number of aromatic carboxylic acids is 1. The molecule has 0 aliphatic carbocycles. The van der Waals surface area contributed by atoms with Crippen molar-refractivity contribution in [3.8, 4) is 22.8 Å². The Balaban J connectivity index is 1.48. The van der Waals surface area contributed by atoms with Crippen LogP contribution in [0.3, 0.4) is 0 Å². The van der Waals surface area contributed by atoms with Crippen molar-refractivity contribution in [3.63, 3.8) is 0 Å². The average Bonchev–Trinajstić information content (AvgIpc) is 3.22. The molecule has 0 atom stereocenters. The molecular formula is C26H20Cl2N2O3. The van der Waals surface area contributed by atoms with E-state index in [1.165, 1.54) is 12.1 Å². The lowest BCUT2D eigenvalue weighted by atomic mass is 10.2. The molecule has 0 spiro atoms. The van der Waals surface area contributed by atoms with Crippen LogP contribution in [0.15, 0.2) is 72.9 Å². The van der Waals surface area contributed by atoms with Gasteiger partial charge in [-0.1, -0.05) is 41.4 Å². The van der Waals surface area contributed by atoms with E-state index in [1.807, 2.05) is 48.7 Å². The Kier molecular flexibility index (Phi) is 6.82. The van der Waals surface area contributed by atoms with Gasteiger partial charge in [-0.25, -0.2) is 9.78 Å². The molecule has 0 unspecified atom stereocenters. The largest absolute Gasteiger partial charge is 0.478 e. The van der Waals surface area contributed by atoms with E-state index in [2.05, 4.69) is 11.5 Å². The van der Waals surface area contributed by atoms with Crippen LogP contribution in [0.4, 0.5) is 0 Å². The fourth-order valence-corrected chi connectivity index (χ4v) is 3.77. The molecule has 7 heteroatoms. The molecule has 0 fully saturated rings. The van der Waals surface area contributed by atoms with Crippen LogP contribution >= 0.6 is 23.2 Å². The van der Waals surface area contributed by atoms with Crippen LogP contribution < -0.4 is 4.74 Å². The average molecular weight is 479 g/mol. The van der Waals surface area contributed by atoms with Gasteiger partial charge in [0.15, 0.2) is 0 Å². The topological polar surface area (TPSA) is 64.4 Å². The number of carboxylic acids is 1. The summed E-state index contributed by atoms with van der Waals surface area (Å²) in [5.74, 6) is 1.08. The molecule has 0 amide bonds. The van der Waals surface area contributed by atoms with Crippen molar-refractivity contribution in [3.05, 3.63) is 99.9 Å². The molecule has 3 aromatic carbocycles. The molecule has 5 nitrogen and oxygen atoms in total. The zero-order valence-corrected chi connectivity index (χ0v) is 19.2. The molecule has 4 aromatic rings. The smallest absolute Gasteiger partial charge is 0.335 e. The maximum absolute atomic E-state index is 10.9. The quantitative estimate of drug-likeness (QED) is 0.298. The lowest BCUT2D eigenvalue weighted by Gasteiger charge is -2.06. The van der Waals surface area contributed by atoms with Crippen molar-refractivity contribution in [2.75, 3.05) is 0 Å². The number of halogens is 2.